The third-order valence-corrected chi connectivity index (χ3v) is 4.70. The van der Waals surface area contributed by atoms with Crippen LogP contribution in [0.15, 0.2) is 4.99 Å². The van der Waals surface area contributed by atoms with Crippen LogP contribution in [0, 0.1) is 0 Å². The number of hydrogen-bond donors (Lipinski definition) is 2. The molecule has 5 nitrogen and oxygen atoms in total. The van der Waals surface area contributed by atoms with Crippen molar-refractivity contribution in [2.24, 2.45) is 4.99 Å². The summed E-state index contributed by atoms with van der Waals surface area (Å²) in [5.41, 5.74) is 0. The summed E-state index contributed by atoms with van der Waals surface area (Å²) in [7, 11) is 0. The van der Waals surface area contributed by atoms with Crippen molar-refractivity contribution in [3.8, 4) is 0 Å². The fourth-order valence-corrected chi connectivity index (χ4v) is 3.33. The smallest absolute Gasteiger partial charge is 0.191 e. The zero-order valence-corrected chi connectivity index (χ0v) is 16.1. The topological polar surface area (TPSA) is 48.9 Å². The first-order valence-corrected chi connectivity index (χ1v) is 8.75. The quantitative estimate of drug-likeness (QED) is 0.404. The van der Waals surface area contributed by atoms with Gasteiger partial charge in [0.2, 0.25) is 0 Å². The molecule has 2 saturated heterocycles. The van der Waals surface area contributed by atoms with E-state index in [1.165, 1.54) is 45.2 Å². The summed E-state index contributed by atoms with van der Waals surface area (Å²) in [6.07, 6.45) is 8.00. The molecule has 22 heavy (non-hydrogen) atoms. The molecule has 0 aromatic heterocycles. The monoisotopic (exact) mass is 422 g/mol. The van der Waals surface area contributed by atoms with Gasteiger partial charge in [-0.2, -0.15) is 0 Å². The lowest BCUT2D eigenvalue weighted by molar-refractivity contribution is 0.0224. The summed E-state index contributed by atoms with van der Waals surface area (Å²) in [5.74, 6) is 0.967. The van der Waals surface area contributed by atoms with E-state index in [2.05, 4.69) is 22.5 Å². The molecule has 128 valence electrons. The second-order valence-corrected chi connectivity index (χ2v) is 6.56. The molecular formula is C16H31IN4O. The van der Waals surface area contributed by atoms with Crippen molar-refractivity contribution in [1.82, 2.24) is 15.5 Å². The number of halogens is 1. The van der Waals surface area contributed by atoms with Crippen molar-refractivity contribution in [2.75, 3.05) is 32.8 Å². The first kappa shape index (κ1) is 18.3. The van der Waals surface area contributed by atoms with Crippen molar-refractivity contribution < 1.29 is 4.74 Å². The molecule has 3 aliphatic rings. The van der Waals surface area contributed by atoms with E-state index < -0.39 is 0 Å². The van der Waals surface area contributed by atoms with Gasteiger partial charge in [0, 0.05) is 38.3 Å². The number of likely N-dealkylation sites (tertiary alicyclic amines) is 1. The molecule has 0 aromatic carbocycles. The first-order valence-electron chi connectivity index (χ1n) is 8.75. The molecule has 0 aromatic rings. The highest BCUT2D eigenvalue weighted by Crippen LogP contribution is 2.29. The first-order chi connectivity index (χ1) is 10.3. The Hall–Kier alpha value is -0.0800. The van der Waals surface area contributed by atoms with Crippen LogP contribution in [-0.4, -0.2) is 61.8 Å². The maximum Gasteiger partial charge on any atom is 0.191 e. The average Bonchev–Trinajstić information content (AvgIpc) is 3.26. The summed E-state index contributed by atoms with van der Waals surface area (Å²) >= 11 is 0. The molecular weight excluding hydrogens is 391 g/mol. The van der Waals surface area contributed by atoms with E-state index in [0.717, 1.165) is 38.1 Å². The van der Waals surface area contributed by atoms with Gasteiger partial charge in [-0.15, -0.1) is 24.0 Å². The normalized spacial score (nSPS) is 30.0. The van der Waals surface area contributed by atoms with Crippen LogP contribution in [0.4, 0.5) is 0 Å². The Kier molecular flexibility index (Phi) is 7.70. The van der Waals surface area contributed by atoms with E-state index in [4.69, 9.17) is 9.73 Å². The highest BCUT2D eigenvalue weighted by atomic mass is 127. The van der Waals surface area contributed by atoms with Crippen molar-refractivity contribution in [3.05, 3.63) is 0 Å². The number of ether oxygens (including phenoxy) is 1. The lowest BCUT2D eigenvalue weighted by Crippen LogP contribution is -2.45. The van der Waals surface area contributed by atoms with Crippen molar-refractivity contribution in [1.29, 1.82) is 0 Å². The summed E-state index contributed by atoms with van der Waals surface area (Å²) in [6, 6.07) is 1.43. The predicted molar refractivity (Wildman–Crippen MR) is 101 cm³/mol. The molecule has 1 saturated carbocycles. The van der Waals surface area contributed by atoms with Gasteiger partial charge in [-0.25, -0.2) is 0 Å². The fraction of sp³-hybridized carbons (Fsp3) is 0.938. The predicted octanol–water partition coefficient (Wildman–Crippen LogP) is 1.97. The molecule has 0 bridgehead atoms. The Morgan fingerprint density at radius 2 is 2.09 bits per heavy atom. The van der Waals surface area contributed by atoms with E-state index in [1.54, 1.807) is 0 Å². The zero-order chi connectivity index (χ0) is 14.5. The van der Waals surface area contributed by atoms with Crippen LogP contribution < -0.4 is 10.6 Å². The van der Waals surface area contributed by atoms with Crippen LogP contribution in [0.1, 0.15) is 45.4 Å². The standard InChI is InChI=1S/C16H30N4O.HI/c1-2-17-16(18-11-15-5-3-4-10-21-15)19-13-8-9-20(12-13)14-6-7-14;/h13-15H,2-12H2,1H3,(H2,17,18,19);1H. The van der Waals surface area contributed by atoms with E-state index in [-0.39, 0.29) is 24.0 Å². The van der Waals surface area contributed by atoms with Gasteiger partial charge < -0.3 is 15.4 Å². The van der Waals surface area contributed by atoms with Crippen molar-refractivity contribution in [2.45, 2.75) is 63.6 Å². The van der Waals surface area contributed by atoms with Crippen LogP contribution in [-0.2, 0) is 4.74 Å². The lowest BCUT2D eigenvalue weighted by Gasteiger charge is -2.22. The van der Waals surface area contributed by atoms with Gasteiger partial charge >= 0.3 is 0 Å². The highest BCUT2D eigenvalue weighted by molar-refractivity contribution is 14.0. The summed E-state index contributed by atoms with van der Waals surface area (Å²) in [5, 5.41) is 6.98. The number of aliphatic imine (C=N–C) groups is 1. The van der Waals surface area contributed by atoms with E-state index in [1.807, 2.05) is 0 Å². The molecule has 2 heterocycles. The summed E-state index contributed by atoms with van der Waals surface area (Å²) in [6.45, 7) is 7.15. The molecule has 3 fully saturated rings. The Morgan fingerprint density at radius 1 is 1.23 bits per heavy atom. The van der Waals surface area contributed by atoms with Gasteiger partial charge in [-0.1, -0.05) is 0 Å². The third kappa shape index (κ3) is 5.53. The molecule has 3 rings (SSSR count). The number of rotatable bonds is 5. The highest BCUT2D eigenvalue weighted by Gasteiger charge is 2.34. The minimum absolute atomic E-state index is 0. The maximum atomic E-state index is 5.76. The number of nitrogens with zero attached hydrogens (tertiary/aromatic N) is 2. The van der Waals surface area contributed by atoms with Crippen molar-refractivity contribution >= 4 is 29.9 Å². The Balaban J connectivity index is 0.00000176. The van der Waals surface area contributed by atoms with Crippen molar-refractivity contribution in [3.63, 3.8) is 0 Å². The van der Waals surface area contributed by atoms with Crippen LogP contribution in [0.2, 0.25) is 0 Å². The maximum absolute atomic E-state index is 5.76. The average molecular weight is 422 g/mol. The van der Waals surface area contributed by atoms with E-state index in [0.29, 0.717) is 12.1 Å². The molecule has 1 aliphatic carbocycles. The van der Waals surface area contributed by atoms with Gasteiger partial charge in [-0.3, -0.25) is 9.89 Å². The summed E-state index contributed by atoms with van der Waals surface area (Å²) < 4.78 is 5.76. The Bertz CT molecular complexity index is 356. The molecule has 2 atom stereocenters. The minimum Gasteiger partial charge on any atom is -0.376 e. The van der Waals surface area contributed by atoms with Crippen LogP contribution >= 0.6 is 24.0 Å². The van der Waals surface area contributed by atoms with Crippen LogP contribution in [0.3, 0.4) is 0 Å². The van der Waals surface area contributed by atoms with Gasteiger partial charge in [-0.05, 0) is 45.4 Å². The van der Waals surface area contributed by atoms with E-state index >= 15 is 0 Å². The molecule has 2 N–H and O–H groups in total. The van der Waals surface area contributed by atoms with Gasteiger partial charge in [0.05, 0.1) is 12.6 Å². The Labute approximate surface area is 151 Å². The Morgan fingerprint density at radius 3 is 2.77 bits per heavy atom. The van der Waals surface area contributed by atoms with Crippen LogP contribution in [0.5, 0.6) is 0 Å². The third-order valence-electron chi connectivity index (χ3n) is 4.70. The summed E-state index contributed by atoms with van der Waals surface area (Å²) in [4.78, 5) is 7.37. The number of guanidine groups is 1. The van der Waals surface area contributed by atoms with Gasteiger partial charge in [0.25, 0.3) is 0 Å². The fourth-order valence-electron chi connectivity index (χ4n) is 3.33. The zero-order valence-electron chi connectivity index (χ0n) is 13.7. The van der Waals surface area contributed by atoms with Crippen LogP contribution in [0.25, 0.3) is 0 Å². The number of nitrogens with one attached hydrogen (secondary N) is 2. The second kappa shape index (κ2) is 9.27. The molecule has 0 spiro atoms. The van der Waals surface area contributed by atoms with Gasteiger partial charge in [0.15, 0.2) is 5.96 Å². The molecule has 6 heteroatoms. The largest absolute Gasteiger partial charge is 0.376 e. The number of hydrogen-bond acceptors (Lipinski definition) is 3. The lowest BCUT2D eigenvalue weighted by atomic mass is 10.1. The molecule has 2 aliphatic heterocycles. The van der Waals surface area contributed by atoms with E-state index in [9.17, 15) is 0 Å². The molecule has 2 unspecified atom stereocenters. The van der Waals surface area contributed by atoms with Gasteiger partial charge in [0.1, 0.15) is 0 Å². The minimum atomic E-state index is 0. The molecule has 0 radical (unpaired) electrons. The molecule has 0 amide bonds. The SMILES string of the molecule is CCNC(=NCC1CCCCO1)NC1CCN(C2CC2)C1.I. The second-order valence-electron chi connectivity index (χ2n) is 6.56.